The molecule has 0 N–H and O–H groups in total. The number of hydrogen-bond donors (Lipinski definition) is 0. The Morgan fingerprint density at radius 3 is 2.52 bits per heavy atom. The highest BCUT2D eigenvalue weighted by Gasteiger charge is 2.38. The predicted molar refractivity (Wildman–Crippen MR) is 106 cm³/mol. The number of piperidine rings is 1. The van der Waals surface area contributed by atoms with Crippen LogP contribution in [0.3, 0.4) is 0 Å². The molecule has 1 heterocycles. The van der Waals surface area contributed by atoms with E-state index in [9.17, 15) is 5.26 Å². The van der Waals surface area contributed by atoms with Crippen molar-refractivity contribution in [3.05, 3.63) is 48.0 Å². The minimum absolute atomic E-state index is 0.341. The summed E-state index contributed by atoms with van der Waals surface area (Å²) in [7, 11) is 0. The summed E-state index contributed by atoms with van der Waals surface area (Å²) in [6, 6.07) is 17.8. The molecule has 0 amide bonds. The van der Waals surface area contributed by atoms with Crippen LogP contribution in [0.25, 0.3) is 10.8 Å². The molecule has 0 spiro atoms. The van der Waals surface area contributed by atoms with Gasteiger partial charge < -0.3 is 4.90 Å². The topological polar surface area (TPSA) is 27.0 Å². The molecule has 1 saturated heterocycles. The van der Waals surface area contributed by atoms with Gasteiger partial charge in [-0.05, 0) is 61.2 Å². The maximum atomic E-state index is 10.4. The largest absolute Gasteiger partial charge is 0.303 e. The lowest BCUT2D eigenvalue weighted by Crippen LogP contribution is -2.39. The van der Waals surface area contributed by atoms with E-state index in [2.05, 4.69) is 67.3 Å². The Kier molecular flexibility index (Phi) is 5.76. The minimum atomic E-state index is -0.410. The van der Waals surface area contributed by atoms with Crippen LogP contribution in [0.4, 0.5) is 0 Å². The normalized spacial score (nSPS) is 19.2. The molecule has 25 heavy (non-hydrogen) atoms. The van der Waals surface area contributed by atoms with Crippen LogP contribution >= 0.6 is 0 Å². The van der Waals surface area contributed by atoms with Crippen LogP contribution in [0, 0.1) is 17.2 Å². The summed E-state index contributed by atoms with van der Waals surface area (Å²) < 4.78 is 0. The highest BCUT2D eigenvalue weighted by atomic mass is 15.1. The number of fused-ring (bicyclic) bond motifs is 1. The van der Waals surface area contributed by atoms with Crippen LogP contribution in [0.15, 0.2) is 42.5 Å². The van der Waals surface area contributed by atoms with Crippen molar-refractivity contribution in [3.8, 4) is 6.07 Å². The van der Waals surface area contributed by atoms with Crippen molar-refractivity contribution in [1.29, 1.82) is 5.26 Å². The van der Waals surface area contributed by atoms with E-state index in [1.54, 1.807) is 0 Å². The number of benzene rings is 2. The Labute approximate surface area is 152 Å². The lowest BCUT2D eigenvalue weighted by atomic mass is 9.67. The van der Waals surface area contributed by atoms with Gasteiger partial charge in [0.15, 0.2) is 0 Å². The average molecular weight is 335 g/mol. The summed E-state index contributed by atoms with van der Waals surface area (Å²) in [5.41, 5.74) is 0.812. The number of nitriles is 1. The summed E-state index contributed by atoms with van der Waals surface area (Å²) in [6.07, 6.45) is 5.91. The van der Waals surface area contributed by atoms with Crippen molar-refractivity contribution < 1.29 is 0 Å². The number of hydrogen-bond acceptors (Lipinski definition) is 2. The Bertz CT molecular complexity index is 734. The molecule has 0 radical (unpaired) electrons. The van der Waals surface area contributed by atoms with Crippen LogP contribution in [-0.4, -0.2) is 24.5 Å². The molecule has 2 heteroatoms. The van der Waals surface area contributed by atoms with Gasteiger partial charge in [0, 0.05) is 0 Å². The molecule has 2 unspecified atom stereocenters. The lowest BCUT2D eigenvalue weighted by molar-refractivity contribution is 0.198. The standard InChI is InChI=1S/C23H30N2/c1-3-19(2)23(18-24,14-17-25-15-7-4-8-16-25)22-13-9-11-20-10-5-6-12-21(20)22/h5-6,9-13,19H,3-4,7-8,14-17H2,1-2H3. The van der Waals surface area contributed by atoms with Gasteiger partial charge in [-0.2, -0.15) is 5.26 Å². The maximum absolute atomic E-state index is 10.4. The average Bonchev–Trinajstić information content (AvgIpc) is 2.69. The maximum Gasteiger partial charge on any atom is 0.0865 e. The Balaban J connectivity index is 1.99. The van der Waals surface area contributed by atoms with E-state index in [0.717, 1.165) is 19.4 Å². The third-order valence-electron chi connectivity index (χ3n) is 6.19. The monoisotopic (exact) mass is 334 g/mol. The van der Waals surface area contributed by atoms with Crippen molar-refractivity contribution in [3.63, 3.8) is 0 Å². The van der Waals surface area contributed by atoms with E-state index in [1.807, 2.05) is 0 Å². The van der Waals surface area contributed by atoms with Gasteiger partial charge in [0.05, 0.1) is 11.5 Å². The first-order chi connectivity index (χ1) is 12.2. The molecule has 1 aliphatic heterocycles. The summed E-state index contributed by atoms with van der Waals surface area (Å²) in [5.74, 6) is 0.341. The fourth-order valence-electron chi connectivity index (χ4n) is 4.35. The fourth-order valence-corrected chi connectivity index (χ4v) is 4.35. The first kappa shape index (κ1) is 18.0. The molecule has 2 atom stereocenters. The van der Waals surface area contributed by atoms with Gasteiger partial charge in [-0.25, -0.2) is 0 Å². The van der Waals surface area contributed by atoms with Gasteiger partial charge >= 0.3 is 0 Å². The fraction of sp³-hybridized carbons (Fsp3) is 0.522. The first-order valence-electron chi connectivity index (χ1n) is 9.83. The van der Waals surface area contributed by atoms with E-state index in [1.165, 1.54) is 48.7 Å². The highest BCUT2D eigenvalue weighted by molar-refractivity contribution is 5.87. The third-order valence-corrected chi connectivity index (χ3v) is 6.19. The number of likely N-dealkylation sites (tertiary alicyclic amines) is 1. The van der Waals surface area contributed by atoms with Crippen LogP contribution in [0.5, 0.6) is 0 Å². The van der Waals surface area contributed by atoms with Crippen molar-refractivity contribution in [1.82, 2.24) is 4.90 Å². The molecule has 0 aromatic heterocycles. The molecule has 0 saturated carbocycles. The molecule has 1 aliphatic rings. The van der Waals surface area contributed by atoms with Crippen LogP contribution in [0.1, 0.15) is 51.5 Å². The zero-order valence-corrected chi connectivity index (χ0v) is 15.7. The SMILES string of the molecule is CCC(C)C(C#N)(CCN1CCCCC1)c1cccc2ccccc12. The van der Waals surface area contributed by atoms with Crippen LogP contribution < -0.4 is 0 Å². The van der Waals surface area contributed by atoms with Gasteiger partial charge in [0.2, 0.25) is 0 Å². The molecule has 1 fully saturated rings. The zero-order chi connectivity index (χ0) is 17.7. The summed E-state index contributed by atoms with van der Waals surface area (Å²) in [4.78, 5) is 2.56. The Hall–Kier alpha value is -1.85. The molecule has 0 aliphatic carbocycles. The van der Waals surface area contributed by atoms with Crippen molar-refractivity contribution in [2.24, 2.45) is 5.92 Å². The van der Waals surface area contributed by atoms with Gasteiger partial charge in [-0.1, -0.05) is 69.2 Å². The van der Waals surface area contributed by atoms with Gasteiger partial charge in [-0.3, -0.25) is 0 Å². The van der Waals surface area contributed by atoms with E-state index in [0.29, 0.717) is 5.92 Å². The molecule has 3 rings (SSSR count). The molecule has 2 aromatic rings. The summed E-state index contributed by atoms with van der Waals surface area (Å²) in [6.45, 7) is 7.88. The highest BCUT2D eigenvalue weighted by Crippen LogP contribution is 2.41. The Morgan fingerprint density at radius 2 is 1.80 bits per heavy atom. The molecule has 0 bridgehead atoms. The predicted octanol–water partition coefficient (Wildman–Crippen LogP) is 5.52. The van der Waals surface area contributed by atoms with E-state index < -0.39 is 5.41 Å². The second-order valence-electron chi connectivity index (χ2n) is 7.57. The summed E-state index contributed by atoms with van der Waals surface area (Å²) in [5, 5.41) is 12.8. The van der Waals surface area contributed by atoms with E-state index in [4.69, 9.17) is 0 Å². The Morgan fingerprint density at radius 1 is 1.08 bits per heavy atom. The zero-order valence-electron chi connectivity index (χ0n) is 15.7. The quantitative estimate of drug-likeness (QED) is 0.695. The van der Waals surface area contributed by atoms with Crippen molar-refractivity contribution in [2.75, 3.05) is 19.6 Å². The van der Waals surface area contributed by atoms with Crippen molar-refractivity contribution >= 4 is 10.8 Å². The second kappa shape index (κ2) is 8.02. The van der Waals surface area contributed by atoms with Gasteiger partial charge in [0.25, 0.3) is 0 Å². The number of nitrogens with zero attached hydrogens (tertiary/aromatic N) is 2. The van der Waals surface area contributed by atoms with Crippen LogP contribution in [-0.2, 0) is 5.41 Å². The molecule has 132 valence electrons. The third kappa shape index (κ3) is 3.58. The van der Waals surface area contributed by atoms with E-state index in [-0.39, 0.29) is 0 Å². The van der Waals surface area contributed by atoms with Gasteiger partial charge in [-0.15, -0.1) is 0 Å². The molecular weight excluding hydrogens is 304 g/mol. The van der Waals surface area contributed by atoms with Crippen molar-refractivity contribution in [2.45, 2.75) is 51.4 Å². The second-order valence-corrected chi connectivity index (χ2v) is 7.57. The molecule has 2 aromatic carbocycles. The van der Waals surface area contributed by atoms with E-state index >= 15 is 0 Å². The first-order valence-corrected chi connectivity index (χ1v) is 9.83. The minimum Gasteiger partial charge on any atom is -0.303 e. The van der Waals surface area contributed by atoms with Gasteiger partial charge in [0.1, 0.15) is 0 Å². The smallest absolute Gasteiger partial charge is 0.0865 e. The summed E-state index contributed by atoms with van der Waals surface area (Å²) >= 11 is 0. The number of rotatable bonds is 6. The van der Waals surface area contributed by atoms with Crippen LogP contribution in [0.2, 0.25) is 0 Å². The molecule has 2 nitrogen and oxygen atoms in total. The lowest BCUT2D eigenvalue weighted by Gasteiger charge is -2.37. The molecular formula is C23H30N2.